The van der Waals surface area contributed by atoms with E-state index in [0.29, 0.717) is 24.0 Å². The molecule has 6 amide bonds. The maximum atomic E-state index is 12.5. The van der Waals surface area contributed by atoms with Gasteiger partial charge in [0.05, 0.1) is 28.3 Å². The summed E-state index contributed by atoms with van der Waals surface area (Å²) in [5, 5.41) is 21.9. The number of nitrogens with one attached hydrogen (secondary N) is 2. The molecular weight excluding hydrogens is 600 g/mol. The lowest BCUT2D eigenvalue weighted by Crippen LogP contribution is -2.54. The molecule has 0 spiro atoms. The molecule has 2 aromatic carbocycles. The highest BCUT2D eigenvalue weighted by molar-refractivity contribution is 6.23. The average molecular weight is 637 g/mol. The summed E-state index contributed by atoms with van der Waals surface area (Å²) in [6.07, 6.45) is 4.57. The fraction of sp³-hybridized carbons (Fsp3) is 0.375. The number of nitrogens with two attached hydrogens (primary N) is 1. The van der Waals surface area contributed by atoms with Crippen LogP contribution in [0.1, 0.15) is 105 Å². The molecular formula is C32H36N4O10. The minimum absolute atomic E-state index is 0.130. The smallest absolute Gasteiger partial charge is 0.336 e. The predicted molar refractivity (Wildman–Crippen MR) is 162 cm³/mol. The van der Waals surface area contributed by atoms with Gasteiger partial charge < -0.3 is 15.9 Å². The zero-order chi connectivity index (χ0) is 34.1. The first-order valence-electron chi connectivity index (χ1n) is 14.8. The van der Waals surface area contributed by atoms with Gasteiger partial charge in [-0.3, -0.25) is 44.3 Å². The Morgan fingerprint density at radius 1 is 0.739 bits per heavy atom. The molecule has 244 valence electrons. The van der Waals surface area contributed by atoms with E-state index >= 15 is 0 Å². The standard InChI is InChI=1S/C16H16N2O4.C11H12O4.C5H8N2O2/c1-2-3-9-4-5-10-11(8-9)16(22)18(15(10)21)12-6-7-13(19)17-14(12)20;1-2-3-7-4-5-8(10(12)13)9(6-7)11(14)15;6-3-1-2-4(8)7-5(3)9/h4-5,8,12H,2-3,6-7H2,1H3,(H,17,19,20);4-6H,2-3H2,1H3,(H,12,13)(H,14,15);3H,1-2,6H2,(H,7,8,9). The fourth-order valence-electron chi connectivity index (χ4n) is 5.07. The van der Waals surface area contributed by atoms with Crippen LogP contribution in [-0.4, -0.2) is 74.6 Å². The minimum Gasteiger partial charge on any atom is -0.478 e. The number of carbonyl (C=O) groups is 8. The van der Waals surface area contributed by atoms with Gasteiger partial charge in [0.1, 0.15) is 6.04 Å². The SMILES string of the molecule is CCCc1ccc(C(=O)O)c(C(=O)O)c1.CCCc1ccc2c(c1)C(=O)N(C1CCC(=O)NC1=O)C2=O.NC1CCC(=O)NC1=O. The predicted octanol–water partition coefficient (Wildman–Crippen LogP) is 1.83. The normalized spacial score (nSPS) is 18.8. The second-order valence-corrected chi connectivity index (χ2v) is 10.9. The van der Waals surface area contributed by atoms with Crippen LogP contribution in [-0.2, 0) is 32.0 Å². The summed E-state index contributed by atoms with van der Waals surface area (Å²) in [5.74, 6) is -4.86. The number of fused-ring (bicyclic) bond motifs is 1. The van der Waals surface area contributed by atoms with Crippen LogP contribution < -0.4 is 16.4 Å². The second-order valence-electron chi connectivity index (χ2n) is 10.9. The zero-order valence-corrected chi connectivity index (χ0v) is 25.5. The van der Waals surface area contributed by atoms with Gasteiger partial charge in [-0.05, 0) is 61.1 Å². The van der Waals surface area contributed by atoms with E-state index in [0.717, 1.165) is 41.7 Å². The first-order chi connectivity index (χ1) is 21.8. The molecule has 3 aliphatic rings. The van der Waals surface area contributed by atoms with Crippen LogP contribution in [0, 0.1) is 0 Å². The summed E-state index contributed by atoms with van der Waals surface area (Å²) < 4.78 is 0. The molecule has 0 aliphatic carbocycles. The number of carbonyl (C=O) groups excluding carboxylic acids is 6. The molecule has 14 heteroatoms. The molecule has 0 saturated carbocycles. The van der Waals surface area contributed by atoms with Crippen molar-refractivity contribution in [1.82, 2.24) is 15.5 Å². The van der Waals surface area contributed by atoms with E-state index < -0.39 is 41.7 Å². The number of carboxylic acids is 2. The number of carboxylic acid groups (broad SMARTS) is 2. The van der Waals surface area contributed by atoms with Crippen LogP contribution in [0.3, 0.4) is 0 Å². The fourth-order valence-corrected chi connectivity index (χ4v) is 5.07. The van der Waals surface area contributed by atoms with Crippen molar-refractivity contribution in [2.45, 2.75) is 77.3 Å². The molecule has 14 nitrogen and oxygen atoms in total. The van der Waals surface area contributed by atoms with Gasteiger partial charge in [0.25, 0.3) is 11.8 Å². The third-order valence-corrected chi connectivity index (χ3v) is 7.41. The summed E-state index contributed by atoms with van der Waals surface area (Å²) in [7, 11) is 0. The molecule has 3 heterocycles. The summed E-state index contributed by atoms with van der Waals surface area (Å²) in [6.45, 7) is 4.02. The van der Waals surface area contributed by atoms with E-state index in [9.17, 15) is 38.4 Å². The van der Waals surface area contributed by atoms with Gasteiger partial charge in [0, 0.05) is 12.8 Å². The van der Waals surface area contributed by atoms with Crippen molar-refractivity contribution < 1.29 is 48.6 Å². The van der Waals surface area contributed by atoms with Crippen molar-refractivity contribution >= 4 is 47.4 Å². The largest absolute Gasteiger partial charge is 0.478 e. The van der Waals surface area contributed by atoms with Crippen molar-refractivity contribution in [1.29, 1.82) is 0 Å². The van der Waals surface area contributed by atoms with Crippen LogP contribution >= 0.6 is 0 Å². The first kappa shape index (κ1) is 35.2. The minimum atomic E-state index is -1.21. The third kappa shape index (κ3) is 8.47. The molecule has 2 atom stereocenters. The number of amides is 6. The van der Waals surface area contributed by atoms with Gasteiger partial charge in [-0.1, -0.05) is 38.8 Å². The number of nitrogens with zero attached hydrogens (tertiary/aromatic N) is 1. The lowest BCUT2D eigenvalue weighted by atomic mass is 10.0. The lowest BCUT2D eigenvalue weighted by molar-refractivity contribution is -0.137. The number of piperidine rings is 2. The number of hydrogen-bond donors (Lipinski definition) is 5. The van der Waals surface area contributed by atoms with Crippen LogP contribution in [0.5, 0.6) is 0 Å². The molecule has 3 aliphatic heterocycles. The van der Waals surface area contributed by atoms with E-state index in [4.69, 9.17) is 15.9 Å². The van der Waals surface area contributed by atoms with E-state index in [1.807, 2.05) is 19.9 Å². The summed E-state index contributed by atoms with van der Waals surface area (Å²) in [6, 6.07) is 8.24. The maximum absolute atomic E-state index is 12.5. The summed E-state index contributed by atoms with van der Waals surface area (Å²) in [5.41, 5.74) is 7.48. The van der Waals surface area contributed by atoms with Crippen molar-refractivity contribution in [3.05, 3.63) is 69.8 Å². The van der Waals surface area contributed by atoms with Gasteiger partial charge in [-0.15, -0.1) is 0 Å². The number of imide groups is 3. The van der Waals surface area contributed by atoms with Crippen LogP contribution in [0.4, 0.5) is 0 Å². The van der Waals surface area contributed by atoms with Crippen molar-refractivity contribution in [2.75, 3.05) is 0 Å². The molecule has 0 bridgehead atoms. The van der Waals surface area contributed by atoms with Crippen LogP contribution in [0.25, 0.3) is 0 Å². The van der Waals surface area contributed by atoms with Crippen LogP contribution in [0.2, 0.25) is 0 Å². The molecule has 2 unspecified atom stereocenters. The summed E-state index contributed by atoms with van der Waals surface area (Å²) >= 11 is 0. The van der Waals surface area contributed by atoms with Gasteiger partial charge >= 0.3 is 11.9 Å². The molecule has 2 aromatic rings. The molecule has 6 N–H and O–H groups in total. The van der Waals surface area contributed by atoms with Gasteiger partial charge in [0.2, 0.25) is 23.6 Å². The maximum Gasteiger partial charge on any atom is 0.336 e. The summed E-state index contributed by atoms with van der Waals surface area (Å²) in [4.78, 5) is 91.6. The quantitative estimate of drug-likeness (QED) is 0.275. The Morgan fingerprint density at radius 2 is 1.26 bits per heavy atom. The Balaban J connectivity index is 0.000000207. The number of rotatable bonds is 7. The van der Waals surface area contributed by atoms with Gasteiger partial charge in [0.15, 0.2) is 0 Å². The Hall–Kier alpha value is -5.24. The van der Waals surface area contributed by atoms with Crippen LogP contribution in [0.15, 0.2) is 36.4 Å². The molecule has 46 heavy (non-hydrogen) atoms. The van der Waals surface area contributed by atoms with Gasteiger partial charge in [-0.2, -0.15) is 0 Å². The third-order valence-electron chi connectivity index (χ3n) is 7.41. The molecule has 2 fully saturated rings. The monoisotopic (exact) mass is 636 g/mol. The highest BCUT2D eigenvalue weighted by atomic mass is 16.4. The highest BCUT2D eigenvalue weighted by Gasteiger charge is 2.44. The average Bonchev–Trinajstić information content (AvgIpc) is 3.24. The van der Waals surface area contributed by atoms with Crippen molar-refractivity contribution in [2.24, 2.45) is 5.73 Å². The first-order valence-corrected chi connectivity index (χ1v) is 14.8. The van der Waals surface area contributed by atoms with Crippen molar-refractivity contribution in [3.63, 3.8) is 0 Å². The highest BCUT2D eigenvalue weighted by Crippen LogP contribution is 2.28. The number of aryl methyl sites for hydroxylation is 2. The number of benzene rings is 2. The van der Waals surface area contributed by atoms with E-state index in [-0.39, 0.29) is 41.7 Å². The Morgan fingerprint density at radius 3 is 1.78 bits per heavy atom. The Kier molecular flexibility index (Phi) is 12.0. The second kappa shape index (κ2) is 15.7. The Bertz CT molecular complexity index is 1580. The molecule has 0 radical (unpaired) electrons. The molecule has 5 rings (SSSR count). The zero-order valence-electron chi connectivity index (χ0n) is 25.5. The van der Waals surface area contributed by atoms with E-state index in [2.05, 4.69) is 10.6 Å². The molecule has 0 aromatic heterocycles. The van der Waals surface area contributed by atoms with E-state index in [1.54, 1.807) is 18.2 Å². The van der Waals surface area contributed by atoms with E-state index in [1.165, 1.54) is 12.1 Å². The van der Waals surface area contributed by atoms with Crippen molar-refractivity contribution in [3.8, 4) is 0 Å². The topological polar surface area (TPSA) is 230 Å². The lowest BCUT2D eigenvalue weighted by Gasteiger charge is -2.27. The Labute approximate surface area is 264 Å². The number of aromatic carboxylic acids is 2. The van der Waals surface area contributed by atoms with Gasteiger partial charge in [-0.25, -0.2) is 9.59 Å². The molecule has 2 saturated heterocycles. The number of hydrogen-bond acceptors (Lipinski definition) is 9.